The Hall–Kier alpha value is -2.36. The van der Waals surface area contributed by atoms with Gasteiger partial charge in [-0.3, -0.25) is 9.78 Å². The Kier molecular flexibility index (Phi) is 5.14. The van der Waals surface area contributed by atoms with Crippen LogP contribution in [0, 0.1) is 0 Å². The molecular weight excluding hydrogens is 298 g/mol. The van der Waals surface area contributed by atoms with Crippen molar-refractivity contribution >= 4 is 17.3 Å². The Morgan fingerprint density at radius 2 is 1.88 bits per heavy atom. The number of benzene rings is 1. The second kappa shape index (κ2) is 7.47. The third-order valence-corrected chi connectivity index (χ3v) is 4.53. The normalized spacial score (nSPS) is 14.7. The number of nitrogens with one attached hydrogen (secondary N) is 1. The fraction of sp³-hybridized carbons (Fsp3) is 0.400. The summed E-state index contributed by atoms with van der Waals surface area (Å²) in [4.78, 5) is 19.2. The Bertz CT molecular complexity index is 706. The number of anilines is 2. The van der Waals surface area contributed by atoms with Gasteiger partial charge in [-0.25, -0.2) is 0 Å². The summed E-state index contributed by atoms with van der Waals surface area (Å²) in [7, 11) is 0. The summed E-state index contributed by atoms with van der Waals surface area (Å²) in [6.07, 6.45) is 5.45. The Morgan fingerprint density at radius 3 is 2.62 bits per heavy atom. The lowest BCUT2D eigenvalue weighted by Gasteiger charge is -2.28. The van der Waals surface area contributed by atoms with Gasteiger partial charge in [0.1, 0.15) is 5.69 Å². The van der Waals surface area contributed by atoms with Gasteiger partial charge in [-0.15, -0.1) is 0 Å². The Balaban J connectivity index is 1.78. The molecule has 1 N–H and O–H groups in total. The van der Waals surface area contributed by atoms with Crippen LogP contribution >= 0.6 is 0 Å². The highest BCUT2D eigenvalue weighted by molar-refractivity contribution is 6.03. The summed E-state index contributed by atoms with van der Waals surface area (Å²) in [6, 6.07) is 11.8. The summed E-state index contributed by atoms with van der Waals surface area (Å²) < 4.78 is 0. The number of carbonyl (C=O) groups excluding carboxylic acids is 1. The first kappa shape index (κ1) is 16.5. The summed E-state index contributed by atoms with van der Waals surface area (Å²) in [5.74, 6) is 0.205. The number of pyridine rings is 1. The molecule has 4 nitrogen and oxygen atoms in total. The molecule has 4 heteroatoms. The maximum Gasteiger partial charge on any atom is 0.274 e. The summed E-state index contributed by atoms with van der Waals surface area (Å²) >= 11 is 0. The molecule has 0 unspecified atom stereocenters. The van der Waals surface area contributed by atoms with Gasteiger partial charge < -0.3 is 10.2 Å². The van der Waals surface area contributed by atoms with Crippen molar-refractivity contribution in [3.05, 3.63) is 53.9 Å². The quantitative estimate of drug-likeness (QED) is 0.904. The lowest BCUT2D eigenvalue weighted by atomic mass is 10.0. The maximum absolute atomic E-state index is 12.6. The molecule has 3 rings (SSSR count). The van der Waals surface area contributed by atoms with Gasteiger partial charge in [0.05, 0.1) is 0 Å². The SMILES string of the molecule is CC(C)c1ccccc1NC(=O)c1cc(N2CCCCC2)ccn1. The van der Waals surface area contributed by atoms with E-state index in [2.05, 4.69) is 35.1 Å². The highest BCUT2D eigenvalue weighted by Gasteiger charge is 2.15. The first-order valence-electron chi connectivity index (χ1n) is 8.76. The van der Waals surface area contributed by atoms with E-state index in [0.717, 1.165) is 30.0 Å². The van der Waals surface area contributed by atoms with Crippen molar-refractivity contribution in [2.75, 3.05) is 23.3 Å². The number of hydrogen-bond acceptors (Lipinski definition) is 3. The molecule has 0 radical (unpaired) electrons. The zero-order valence-corrected chi connectivity index (χ0v) is 14.5. The number of para-hydroxylation sites is 1. The van der Waals surface area contributed by atoms with Gasteiger partial charge in [0.25, 0.3) is 5.91 Å². The monoisotopic (exact) mass is 323 g/mol. The number of rotatable bonds is 4. The maximum atomic E-state index is 12.6. The highest BCUT2D eigenvalue weighted by Crippen LogP contribution is 2.25. The zero-order valence-electron chi connectivity index (χ0n) is 14.5. The van der Waals surface area contributed by atoms with Crippen LogP contribution in [-0.2, 0) is 0 Å². The minimum absolute atomic E-state index is 0.151. The van der Waals surface area contributed by atoms with Gasteiger partial charge in [-0.1, -0.05) is 32.0 Å². The first-order valence-corrected chi connectivity index (χ1v) is 8.76. The van der Waals surface area contributed by atoms with Crippen molar-refractivity contribution in [1.82, 2.24) is 4.98 Å². The van der Waals surface area contributed by atoms with Gasteiger partial charge in [0, 0.05) is 30.7 Å². The predicted octanol–water partition coefficient (Wildman–Crippen LogP) is 4.45. The molecule has 0 saturated carbocycles. The number of carbonyl (C=O) groups is 1. The van der Waals surface area contributed by atoms with E-state index in [1.54, 1.807) is 6.20 Å². The standard InChI is InChI=1S/C20H25N3O/c1-15(2)17-8-4-5-9-18(17)22-20(24)19-14-16(10-11-21-19)23-12-6-3-7-13-23/h4-5,8-11,14-15H,3,6-7,12-13H2,1-2H3,(H,22,24). The molecular formula is C20H25N3O. The first-order chi connectivity index (χ1) is 11.6. The average molecular weight is 323 g/mol. The molecule has 2 heterocycles. The molecule has 1 fully saturated rings. The van der Waals surface area contributed by atoms with Crippen LogP contribution in [0.15, 0.2) is 42.6 Å². The average Bonchev–Trinajstić information content (AvgIpc) is 2.63. The molecule has 1 amide bonds. The van der Waals surface area contributed by atoms with Crippen LogP contribution in [0.2, 0.25) is 0 Å². The van der Waals surface area contributed by atoms with Gasteiger partial charge >= 0.3 is 0 Å². The van der Waals surface area contributed by atoms with Crippen LogP contribution in [0.5, 0.6) is 0 Å². The highest BCUT2D eigenvalue weighted by atomic mass is 16.1. The number of amides is 1. The lowest BCUT2D eigenvalue weighted by molar-refractivity contribution is 0.102. The second-order valence-electron chi connectivity index (χ2n) is 6.64. The van der Waals surface area contributed by atoms with E-state index in [1.807, 2.05) is 30.3 Å². The molecule has 1 aliphatic heterocycles. The third-order valence-electron chi connectivity index (χ3n) is 4.53. The van der Waals surface area contributed by atoms with Crippen LogP contribution in [0.4, 0.5) is 11.4 Å². The van der Waals surface area contributed by atoms with Crippen molar-refractivity contribution in [3.8, 4) is 0 Å². The minimum Gasteiger partial charge on any atom is -0.371 e. The molecule has 0 spiro atoms. The predicted molar refractivity (Wildman–Crippen MR) is 98.8 cm³/mol. The molecule has 1 saturated heterocycles. The van der Waals surface area contributed by atoms with Crippen LogP contribution in [0.1, 0.15) is 55.1 Å². The van der Waals surface area contributed by atoms with Gasteiger partial charge in [-0.2, -0.15) is 0 Å². The molecule has 1 aliphatic rings. The number of hydrogen-bond donors (Lipinski definition) is 1. The van der Waals surface area contributed by atoms with Crippen molar-refractivity contribution < 1.29 is 4.79 Å². The van der Waals surface area contributed by atoms with Crippen LogP contribution in [-0.4, -0.2) is 24.0 Å². The van der Waals surface area contributed by atoms with E-state index in [4.69, 9.17) is 0 Å². The Labute approximate surface area is 143 Å². The zero-order chi connectivity index (χ0) is 16.9. The smallest absolute Gasteiger partial charge is 0.274 e. The van der Waals surface area contributed by atoms with E-state index in [1.165, 1.54) is 19.3 Å². The van der Waals surface area contributed by atoms with E-state index < -0.39 is 0 Å². The van der Waals surface area contributed by atoms with Crippen molar-refractivity contribution in [2.24, 2.45) is 0 Å². The van der Waals surface area contributed by atoms with Gasteiger partial charge in [-0.05, 0) is 48.9 Å². The Morgan fingerprint density at radius 1 is 1.12 bits per heavy atom. The number of piperidine rings is 1. The van der Waals surface area contributed by atoms with Crippen LogP contribution in [0.3, 0.4) is 0 Å². The van der Waals surface area contributed by atoms with E-state index in [9.17, 15) is 4.79 Å². The molecule has 0 atom stereocenters. The number of aromatic nitrogens is 1. The molecule has 24 heavy (non-hydrogen) atoms. The number of nitrogens with zero attached hydrogens (tertiary/aromatic N) is 2. The largest absolute Gasteiger partial charge is 0.371 e. The van der Waals surface area contributed by atoms with Crippen molar-refractivity contribution in [2.45, 2.75) is 39.0 Å². The summed E-state index contributed by atoms with van der Waals surface area (Å²) in [6.45, 7) is 6.36. The molecule has 1 aromatic carbocycles. The van der Waals surface area contributed by atoms with Gasteiger partial charge in [0.2, 0.25) is 0 Å². The van der Waals surface area contributed by atoms with E-state index >= 15 is 0 Å². The third kappa shape index (κ3) is 3.75. The van der Waals surface area contributed by atoms with Crippen LogP contribution < -0.4 is 10.2 Å². The molecule has 1 aromatic heterocycles. The fourth-order valence-corrected chi connectivity index (χ4v) is 3.19. The molecule has 0 bridgehead atoms. The fourth-order valence-electron chi connectivity index (χ4n) is 3.19. The van der Waals surface area contributed by atoms with Crippen molar-refractivity contribution in [3.63, 3.8) is 0 Å². The topological polar surface area (TPSA) is 45.2 Å². The van der Waals surface area contributed by atoms with Crippen molar-refractivity contribution in [1.29, 1.82) is 0 Å². The molecule has 2 aromatic rings. The van der Waals surface area contributed by atoms with Gasteiger partial charge in [0.15, 0.2) is 0 Å². The summed E-state index contributed by atoms with van der Waals surface area (Å²) in [5, 5.41) is 3.02. The van der Waals surface area contributed by atoms with E-state index in [0.29, 0.717) is 11.6 Å². The summed E-state index contributed by atoms with van der Waals surface area (Å²) in [5.41, 5.74) is 3.56. The lowest BCUT2D eigenvalue weighted by Crippen LogP contribution is -2.29. The van der Waals surface area contributed by atoms with Crippen LogP contribution in [0.25, 0.3) is 0 Å². The van der Waals surface area contributed by atoms with E-state index in [-0.39, 0.29) is 5.91 Å². The molecule has 0 aliphatic carbocycles. The minimum atomic E-state index is -0.151. The second-order valence-corrected chi connectivity index (χ2v) is 6.64. The molecule has 126 valence electrons.